The van der Waals surface area contributed by atoms with E-state index in [0.29, 0.717) is 11.8 Å². The minimum atomic E-state index is 0.112. The first kappa shape index (κ1) is 13.9. The molecule has 0 radical (unpaired) electrons. The Balaban J connectivity index is 1.60. The molecule has 108 valence electrons. The molecule has 1 aromatic carbocycles. The first-order chi connectivity index (χ1) is 9.70. The van der Waals surface area contributed by atoms with E-state index in [2.05, 4.69) is 0 Å². The number of benzene rings is 1. The number of piperidine rings is 1. The van der Waals surface area contributed by atoms with Gasteiger partial charge in [0.15, 0.2) is 0 Å². The van der Waals surface area contributed by atoms with Crippen molar-refractivity contribution < 1.29 is 9.90 Å². The molecule has 1 aromatic rings. The minimum Gasteiger partial charge on any atom is -0.396 e. The van der Waals surface area contributed by atoms with Gasteiger partial charge in [0.05, 0.1) is 0 Å². The van der Waals surface area contributed by atoms with Crippen molar-refractivity contribution in [3.63, 3.8) is 0 Å². The molecule has 0 bridgehead atoms. The maximum atomic E-state index is 12.5. The summed E-state index contributed by atoms with van der Waals surface area (Å²) in [5, 5.41) is 9.91. The van der Waals surface area contributed by atoms with E-state index in [0.717, 1.165) is 42.9 Å². The zero-order valence-corrected chi connectivity index (χ0v) is 12.2. The number of halogens is 1. The standard InChI is InChI=1S/C16H20ClNO2/c17-15-4-2-1-3-12(15)13-9-14(13)16(20)18-7-5-11(10-19)6-8-18/h1-4,11,13-14,19H,5-10H2. The van der Waals surface area contributed by atoms with Gasteiger partial charge in [-0.3, -0.25) is 4.79 Å². The summed E-state index contributed by atoms with van der Waals surface area (Å²) in [6.07, 6.45) is 2.76. The van der Waals surface area contributed by atoms with Crippen molar-refractivity contribution in [3.05, 3.63) is 34.9 Å². The van der Waals surface area contributed by atoms with E-state index in [4.69, 9.17) is 16.7 Å². The SMILES string of the molecule is O=C(C1CC1c1ccccc1Cl)N1CCC(CO)CC1. The molecule has 1 saturated heterocycles. The molecule has 3 rings (SSSR count). The average Bonchev–Trinajstić information content (AvgIpc) is 3.27. The van der Waals surface area contributed by atoms with Crippen molar-refractivity contribution in [2.45, 2.75) is 25.2 Å². The Morgan fingerprint density at radius 2 is 2.00 bits per heavy atom. The summed E-state index contributed by atoms with van der Waals surface area (Å²) in [5.74, 6) is 1.05. The third kappa shape index (κ3) is 2.70. The molecular formula is C16H20ClNO2. The van der Waals surface area contributed by atoms with Gasteiger partial charge in [0, 0.05) is 30.6 Å². The molecule has 0 spiro atoms. The normalized spacial score (nSPS) is 26.6. The third-order valence-corrected chi connectivity index (χ3v) is 4.94. The summed E-state index contributed by atoms with van der Waals surface area (Å²) >= 11 is 6.20. The number of nitrogens with zero attached hydrogens (tertiary/aromatic N) is 1. The second-order valence-electron chi connectivity index (χ2n) is 5.92. The molecule has 4 heteroatoms. The number of hydrogen-bond donors (Lipinski definition) is 1. The van der Waals surface area contributed by atoms with Gasteiger partial charge in [-0.15, -0.1) is 0 Å². The van der Waals surface area contributed by atoms with Crippen LogP contribution in [0.2, 0.25) is 5.02 Å². The van der Waals surface area contributed by atoms with Gasteiger partial charge in [0.2, 0.25) is 5.91 Å². The molecule has 2 aliphatic rings. The number of hydrogen-bond acceptors (Lipinski definition) is 2. The summed E-state index contributed by atoms with van der Waals surface area (Å²) in [4.78, 5) is 14.4. The quantitative estimate of drug-likeness (QED) is 0.931. The molecule has 1 aliphatic heterocycles. The molecule has 2 unspecified atom stereocenters. The second-order valence-corrected chi connectivity index (χ2v) is 6.33. The van der Waals surface area contributed by atoms with E-state index in [1.165, 1.54) is 0 Å². The van der Waals surface area contributed by atoms with Crippen LogP contribution in [0.15, 0.2) is 24.3 Å². The summed E-state index contributed by atoms with van der Waals surface area (Å²) in [6.45, 7) is 1.82. The van der Waals surface area contributed by atoms with Gasteiger partial charge in [-0.2, -0.15) is 0 Å². The van der Waals surface area contributed by atoms with E-state index in [1.54, 1.807) is 0 Å². The Hall–Kier alpha value is -1.06. The molecule has 0 aromatic heterocycles. The summed E-state index contributed by atoms with van der Waals surface area (Å²) < 4.78 is 0. The Bertz CT molecular complexity index is 497. The fourth-order valence-corrected chi connectivity index (χ4v) is 3.43. The zero-order valence-electron chi connectivity index (χ0n) is 11.5. The number of rotatable bonds is 3. The minimum absolute atomic E-state index is 0.112. The lowest BCUT2D eigenvalue weighted by Crippen LogP contribution is -2.40. The second kappa shape index (κ2) is 5.74. The van der Waals surface area contributed by atoms with Crippen molar-refractivity contribution in [2.24, 2.45) is 11.8 Å². The number of carbonyl (C=O) groups is 1. The maximum absolute atomic E-state index is 12.5. The fourth-order valence-electron chi connectivity index (χ4n) is 3.16. The summed E-state index contributed by atoms with van der Waals surface area (Å²) in [5.41, 5.74) is 1.11. The highest BCUT2D eigenvalue weighted by molar-refractivity contribution is 6.31. The highest BCUT2D eigenvalue weighted by Crippen LogP contribution is 2.50. The van der Waals surface area contributed by atoms with Crippen molar-refractivity contribution in [1.82, 2.24) is 4.90 Å². The van der Waals surface area contributed by atoms with E-state index in [-0.39, 0.29) is 18.4 Å². The molecule has 1 aliphatic carbocycles. The number of likely N-dealkylation sites (tertiary alicyclic amines) is 1. The van der Waals surface area contributed by atoms with Crippen LogP contribution in [-0.2, 0) is 4.79 Å². The van der Waals surface area contributed by atoms with Gasteiger partial charge in [0.25, 0.3) is 0 Å². The van der Waals surface area contributed by atoms with Gasteiger partial charge in [-0.25, -0.2) is 0 Å². The van der Waals surface area contributed by atoms with Crippen LogP contribution in [0.4, 0.5) is 0 Å². The van der Waals surface area contributed by atoms with Crippen LogP contribution >= 0.6 is 11.6 Å². The molecule has 1 heterocycles. The van der Waals surface area contributed by atoms with Gasteiger partial charge in [-0.1, -0.05) is 29.8 Å². The topological polar surface area (TPSA) is 40.5 Å². The molecule has 3 nitrogen and oxygen atoms in total. The first-order valence-corrected chi connectivity index (χ1v) is 7.72. The summed E-state index contributed by atoms with van der Waals surface area (Å²) in [6, 6.07) is 7.82. The molecule has 20 heavy (non-hydrogen) atoms. The predicted octanol–water partition coefficient (Wildman–Crippen LogP) is 2.67. The third-order valence-electron chi connectivity index (χ3n) is 4.60. The fraction of sp³-hybridized carbons (Fsp3) is 0.562. The lowest BCUT2D eigenvalue weighted by atomic mass is 9.97. The van der Waals surface area contributed by atoms with Crippen molar-refractivity contribution in [3.8, 4) is 0 Å². The van der Waals surface area contributed by atoms with E-state index >= 15 is 0 Å². The number of aliphatic hydroxyl groups is 1. The van der Waals surface area contributed by atoms with Crippen LogP contribution in [0.5, 0.6) is 0 Å². The lowest BCUT2D eigenvalue weighted by molar-refractivity contribution is -0.134. The molecule has 1 amide bonds. The zero-order chi connectivity index (χ0) is 14.1. The van der Waals surface area contributed by atoms with Crippen molar-refractivity contribution in [1.29, 1.82) is 0 Å². The maximum Gasteiger partial charge on any atom is 0.226 e. The lowest BCUT2D eigenvalue weighted by Gasteiger charge is -2.31. The van der Waals surface area contributed by atoms with Crippen LogP contribution < -0.4 is 0 Å². The Morgan fingerprint density at radius 3 is 2.65 bits per heavy atom. The Labute approximate surface area is 124 Å². The Morgan fingerprint density at radius 1 is 1.30 bits per heavy atom. The van der Waals surface area contributed by atoms with Crippen LogP contribution in [0.3, 0.4) is 0 Å². The van der Waals surface area contributed by atoms with Crippen LogP contribution in [-0.4, -0.2) is 35.6 Å². The van der Waals surface area contributed by atoms with Crippen LogP contribution in [0, 0.1) is 11.8 Å². The molecule has 1 saturated carbocycles. The van der Waals surface area contributed by atoms with Crippen LogP contribution in [0.25, 0.3) is 0 Å². The van der Waals surface area contributed by atoms with E-state index in [1.807, 2.05) is 29.2 Å². The summed E-state index contributed by atoms with van der Waals surface area (Å²) in [7, 11) is 0. The highest BCUT2D eigenvalue weighted by atomic mass is 35.5. The molecular weight excluding hydrogens is 274 g/mol. The van der Waals surface area contributed by atoms with E-state index < -0.39 is 0 Å². The monoisotopic (exact) mass is 293 g/mol. The number of aliphatic hydroxyl groups excluding tert-OH is 1. The average molecular weight is 294 g/mol. The smallest absolute Gasteiger partial charge is 0.226 e. The van der Waals surface area contributed by atoms with Gasteiger partial charge >= 0.3 is 0 Å². The van der Waals surface area contributed by atoms with Crippen LogP contribution in [0.1, 0.15) is 30.7 Å². The van der Waals surface area contributed by atoms with Crippen molar-refractivity contribution in [2.75, 3.05) is 19.7 Å². The largest absolute Gasteiger partial charge is 0.396 e. The molecule has 2 fully saturated rings. The Kier molecular flexibility index (Phi) is 3.99. The van der Waals surface area contributed by atoms with E-state index in [9.17, 15) is 4.79 Å². The molecule has 2 atom stereocenters. The van der Waals surface area contributed by atoms with Gasteiger partial charge < -0.3 is 10.0 Å². The van der Waals surface area contributed by atoms with Gasteiger partial charge in [-0.05, 0) is 42.7 Å². The van der Waals surface area contributed by atoms with Crippen molar-refractivity contribution >= 4 is 17.5 Å². The predicted molar refractivity (Wildman–Crippen MR) is 78.7 cm³/mol. The number of amides is 1. The number of carbonyl (C=O) groups excluding carboxylic acids is 1. The highest BCUT2D eigenvalue weighted by Gasteiger charge is 2.46. The first-order valence-electron chi connectivity index (χ1n) is 7.34. The van der Waals surface area contributed by atoms with Gasteiger partial charge in [0.1, 0.15) is 0 Å². The molecule has 1 N–H and O–H groups in total.